The minimum atomic E-state index is -0.540. The summed E-state index contributed by atoms with van der Waals surface area (Å²) in [5.74, 6) is 1.47. The standard InChI is InChI=1S/C22H30N4O4/c1-5-6-7-8-9-12-30-21(27)19-15(2)25-22-23-14-24-26(22)20(19)17-13-16(28-3)10-11-18(17)29-4/h10-11,13-14,20H,5-9,12H2,1-4H3,(H,23,24,25)/t20-/m1/s1. The molecule has 1 aromatic heterocycles. The first-order chi connectivity index (χ1) is 14.6. The van der Waals surface area contributed by atoms with Gasteiger partial charge in [-0.15, -0.1) is 0 Å². The van der Waals surface area contributed by atoms with Gasteiger partial charge < -0.3 is 19.5 Å². The van der Waals surface area contributed by atoms with Crippen molar-refractivity contribution in [3.63, 3.8) is 0 Å². The van der Waals surface area contributed by atoms with Gasteiger partial charge >= 0.3 is 5.97 Å². The van der Waals surface area contributed by atoms with Crippen LogP contribution in [-0.4, -0.2) is 41.6 Å². The van der Waals surface area contributed by atoms with E-state index in [-0.39, 0.29) is 5.97 Å². The molecule has 0 spiro atoms. The fourth-order valence-electron chi connectivity index (χ4n) is 3.64. The Labute approximate surface area is 177 Å². The lowest BCUT2D eigenvalue weighted by atomic mass is 9.94. The van der Waals surface area contributed by atoms with Crippen LogP contribution in [0.4, 0.5) is 5.95 Å². The zero-order valence-corrected chi connectivity index (χ0v) is 18.1. The van der Waals surface area contributed by atoms with Crippen LogP contribution in [0.15, 0.2) is 35.8 Å². The van der Waals surface area contributed by atoms with Gasteiger partial charge in [-0.25, -0.2) is 9.48 Å². The first-order valence-electron chi connectivity index (χ1n) is 10.4. The van der Waals surface area contributed by atoms with Gasteiger partial charge in [0, 0.05) is 11.3 Å². The van der Waals surface area contributed by atoms with Crippen LogP contribution < -0.4 is 14.8 Å². The smallest absolute Gasteiger partial charge is 0.338 e. The van der Waals surface area contributed by atoms with Gasteiger partial charge in [-0.2, -0.15) is 10.1 Å². The highest BCUT2D eigenvalue weighted by atomic mass is 16.5. The number of hydrogen-bond donors (Lipinski definition) is 1. The summed E-state index contributed by atoms with van der Waals surface area (Å²) in [5.41, 5.74) is 1.91. The van der Waals surface area contributed by atoms with Gasteiger partial charge in [0.05, 0.1) is 26.4 Å². The van der Waals surface area contributed by atoms with Crippen LogP contribution in [-0.2, 0) is 9.53 Å². The molecule has 0 bridgehead atoms. The van der Waals surface area contributed by atoms with Gasteiger partial charge in [0.2, 0.25) is 5.95 Å². The van der Waals surface area contributed by atoms with Crippen molar-refractivity contribution < 1.29 is 19.0 Å². The fraction of sp³-hybridized carbons (Fsp3) is 0.500. The summed E-state index contributed by atoms with van der Waals surface area (Å²) in [6.45, 7) is 4.41. The van der Waals surface area contributed by atoms with E-state index in [0.717, 1.165) is 24.8 Å². The Morgan fingerprint density at radius 3 is 2.70 bits per heavy atom. The second kappa shape index (κ2) is 10.1. The molecule has 0 unspecified atom stereocenters. The normalized spacial score (nSPS) is 15.4. The molecule has 3 rings (SSSR count). The molecule has 0 aliphatic carbocycles. The molecule has 8 heteroatoms. The lowest BCUT2D eigenvalue weighted by molar-refractivity contribution is -0.139. The average Bonchev–Trinajstić information content (AvgIpc) is 3.22. The molecule has 1 aliphatic heterocycles. The van der Waals surface area contributed by atoms with Crippen molar-refractivity contribution in [1.82, 2.24) is 14.8 Å². The number of fused-ring (bicyclic) bond motifs is 1. The first kappa shape index (κ1) is 21.7. The van der Waals surface area contributed by atoms with Crippen LogP contribution in [0.25, 0.3) is 0 Å². The summed E-state index contributed by atoms with van der Waals surface area (Å²) in [5, 5.41) is 7.50. The second-order valence-corrected chi connectivity index (χ2v) is 7.25. The minimum absolute atomic E-state index is 0.369. The molecule has 0 radical (unpaired) electrons. The Hall–Kier alpha value is -3.03. The van der Waals surface area contributed by atoms with Gasteiger partial charge in [0.25, 0.3) is 0 Å². The summed E-state index contributed by atoms with van der Waals surface area (Å²) in [7, 11) is 3.20. The molecule has 0 saturated carbocycles. The van der Waals surface area contributed by atoms with Crippen LogP contribution in [0.1, 0.15) is 57.6 Å². The Morgan fingerprint density at radius 1 is 1.17 bits per heavy atom. The van der Waals surface area contributed by atoms with E-state index in [9.17, 15) is 4.79 Å². The highest BCUT2D eigenvalue weighted by Crippen LogP contribution is 2.40. The summed E-state index contributed by atoms with van der Waals surface area (Å²) in [6.07, 6.45) is 6.91. The number of anilines is 1. The highest BCUT2D eigenvalue weighted by Gasteiger charge is 2.36. The SMILES string of the molecule is CCCCCCCOC(=O)C1=C(C)Nc2ncnn2[C@@H]1c1cc(OC)ccc1OC. The van der Waals surface area contributed by atoms with E-state index in [1.807, 2.05) is 25.1 Å². The van der Waals surface area contributed by atoms with Gasteiger partial charge in [-0.05, 0) is 31.5 Å². The number of benzene rings is 1. The summed E-state index contributed by atoms with van der Waals surface area (Å²) in [4.78, 5) is 17.4. The maximum absolute atomic E-state index is 13.1. The monoisotopic (exact) mass is 414 g/mol. The number of aromatic nitrogens is 3. The molecule has 0 fully saturated rings. The number of unbranched alkanes of at least 4 members (excludes halogenated alkanes) is 4. The van der Waals surface area contributed by atoms with E-state index >= 15 is 0 Å². The van der Waals surface area contributed by atoms with Crippen LogP contribution in [0.5, 0.6) is 11.5 Å². The van der Waals surface area contributed by atoms with Gasteiger partial charge in [0.1, 0.15) is 23.9 Å². The van der Waals surface area contributed by atoms with E-state index in [4.69, 9.17) is 14.2 Å². The van der Waals surface area contributed by atoms with Crippen molar-refractivity contribution in [2.75, 3.05) is 26.1 Å². The Morgan fingerprint density at radius 2 is 1.97 bits per heavy atom. The molecule has 0 saturated heterocycles. The largest absolute Gasteiger partial charge is 0.497 e. The maximum atomic E-state index is 13.1. The van der Waals surface area contributed by atoms with Crippen LogP contribution >= 0.6 is 0 Å². The second-order valence-electron chi connectivity index (χ2n) is 7.25. The number of carbonyl (C=O) groups is 1. The van der Waals surface area contributed by atoms with Gasteiger partial charge in [-0.1, -0.05) is 32.6 Å². The molecule has 1 atom stereocenters. The number of hydrogen-bond acceptors (Lipinski definition) is 7. The molecule has 1 aliphatic rings. The van der Waals surface area contributed by atoms with E-state index in [0.29, 0.717) is 35.3 Å². The van der Waals surface area contributed by atoms with E-state index < -0.39 is 6.04 Å². The van der Waals surface area contributed by atoms with Crippen molar-refractivity contribution in [3.05, 3.63) is 41.4 Å². The van der Waals surface area contributed by atoms with Crippen molar-refractivity contribution in [2.45, 2.75) is 52.0 Å². The number of rotatable bonds is 10. The average molecular weight is 415 g/mol. The summed E-state index contributed by atoms with van der Waals surface area (Å²) < 4.78 is 18.3. The van der Waals surface area contributed by atoms with E-state index in [2.05, 4.69) is 22.3 Å². The lowest BCUT2D eigenvalue weighted by Gasteiger charge is -2.29. The van der Waals surface area contributed by atoms with E-state index in [1.54, 1.807) is 18.9 Å². The Kier molecular flexibility index (Phi) is 7.32. The molecule has 2 heterocycles. The number of esters is 1. The predicted octanol–water partition coefficient (Wildman–Crippen LogP) is 4.10. The maximum Gasteiger partial charge on any atom is 0.338 e. The molecular weight excluding hydrogens is 384 g/mol. The van der Waals surface area contributed by atoms with E-state index in [1.165, 1.54) is 19.2 Å². The lowest BCUT2D eigenvalue weighted by Crippen LogP contribution is -2.30. The Bertz CT molecular complexity index is 906. The van der Waals surface area contributed by atoms with Crippen molar-refractivity contribution in [1.29, 1.82) is 0 Å². The molecular formula is C22H30N4O4. The first-order valence-corrected chi connectivity index (χ1v) is 10.4. The molecule has 162 valence electrons. The zero-order chi connectivity index (χ0) is 21.5. The molecule has 1 N–H and O–H groups in total. The summed E-state index contributed by atoms with van der Waals surface area (Å²) in [6, 6.07) is 4.95. The quantitative estimate of drug-likeness (QED) is 0.463. The van der Waals surface area contributed by atoms with Crippen LogP contribution in [0.2, 0.25) is 0 Å². The van der Waals surface area contributed by atoms with Crippen molar-refractivity contribution in [3.8, 4) is 11.5 Å². The third-order valence-corrected chi connectivity index (χ3v) is 5.23. The molecule has 2 aromatic rings. The number of methoxy groups -OCH3 is 2. The Balaban J connectivity index is 1.90. The van der Waals surface area contributed by atoms with Gasteiger partial charge in [0.15, 0.2) is 0 Å². The zero-order valence-electron chi connectivity index (χ0n) is 18.1. The molecule has 30 heavy (non-hydrogen) atoms. The minimum Gasteiger partial charge on any atom is -0.497 e. The molecule has 0 amide bonds. The third kappa shape index (κ3) is 4.58. The van der Waals surface area contributed by atoms with Crippen LogP contribution in [0.3, 0.4) is 0 Å². The number of nitrogens with one attached hydrogen (secondary N) is 1. The number of allylic oxidation sites excluding steroid dienone is 1. The number of nitrogens with zero attached hydrogens (tertiary/aromatic N) is 3. The van der Waals surface area contributed by atoms with Crippen molar-refractivity contribution in [2.24, 2.45) is 0 Å². The topological polar surface area (TPSA) is 87.5 Å². The molecule has 1 aromatic carbocycles. The van der Waals surface area contributed by atoms with Gasteiger partial charge in [-0.3, -0.25) is 0 Å². The van der Waals surface area contributed by atoms with Crippen LogP contribution in [0, 0.1) is 0 Å². The predicted molar refractivity (Wildman–Crippen MR) is 114 cm³/mol. The third-order valence-electron chi connectivity index (χ3n) is 5.23. The number of carbonyl (C=O) groups excluding carboxylic acids is 1. The molecule has 8 nitrogen and oxygen atoms in total. The van der Waals surface area contributed by atoms with Crippen molar-refractivity contribution >= 4 is 11.9 Å². The fourth-order valence-corrected chi connectivity index (χ4v) is 3.64. The number of ether oxygens (including phenoxy) is 3. The summed E-state index contributed by atoms with van der Waals surface area (Å²) >= 11 is 0. The highest BCUT2D eigenvalue weighted by molar-refractivity contribution is 5.92.